The lowest BCUT2D eigenvalue weighted by Gasteiger charge is -2.27. The number of anilines is 1. The Morgan fingerprint density at radius 1 is 1.67 bits per heavy atom. The number of pyridine rings is 1. The number of nitro groups is 1. The van der Waals surface area contributed by atoms with E-state index in [4.69, 9.17) is 0 Å². The van der Waals surface area contributed by atoms with Crippen LogP contribution >= 0.6 is 0 Å². The number of nitrogens with zero attached hydrogens (tertiary/aromatic N) is 3. The lowest BCUT2D eigenvalue weighted by atomic mass is 10.0. The second-order valence-electron chi connectivity index (χ2n) is 4.80. The van der Waals surface area contributed by atoms with Crippen LogP contribution in [0.5, 0.6) is 0 Å². The molecule has 1 N–H and O–H groups in total. The van der Waals surface area contributed by atoms with Crippen molar-refractivity contribution >= 4 is 11.5 Å². The van der Waals surface area contributed by atoms with Crippen LogP contribution in [0.2, 0.25) is 0 Å². The maximum Gasteiger partial charge on any atom is 0.287 e. The first-order chi connectivity index (χ1) is 8.54. The quantitative estimate of drug-likeness (QED) is 0.650. The second-order valence-corrected chi connectivity index (χ2v) is 4.80. The molecule has 0 spiro atoms. The summed E-state index contributed by atoms with van der Waals surface area (Å²) in [4.78, 5) is 16.5. The van der Waals surface area contributed by atoms with Crippen molar-refractivity contribution in [3.8, 4) is 0 Å². The van der Waals surface area contributed by atoms with E-state index < -0.39 is 4.92 Å². The topological polar surface area (TPSA) is 79.5 Å². The Balaban J connectivity index is 2.31. The van der Waals surface area contributed by atoms with Crippen LogP contribution in [-0.2, 0) is 0 Å². The molecule has 2 unspecified atom stereocenters. The highest BCUT2D eigenvalue weighted by Crippen LogP contribution is 2.31. The predicted molar refractivity (Wildman–Crippen MR) is 67.6 cm³/mol. The van der Waals surface area contributed by atoms with Gasteiger partial charge in [-0.05, 0) is 24.8 Å². The molecule has 1 aliphatic rings. The molecule has 6 nitrogen and oxygen atoms in total. The number of aromatic nitrogens is 1. The third kappa shape index (κ3) is 2.15. The van der Waals surface area contributed by atoms with Crippen molar-refractivity contribution in [3.63, 3.8) is 0 Å². The summed E-state index contributed by atoms with van der Waals surface area (Å²) >= 11 is 0. The molecule has 0 aliphatic carbocycles. The summed E-state index contributed by atoms with van der Waals surface area (Å²) in [5.74, 6) is 1.15. The van der Waals surface area contributed by atoms with Gasteiger partial charge in [0.15, 0.2) is 0 Å². The number of aliphatic hydroxyl groups excluding tert-OH is 1. The zero-order valence-electron chi connectivity index (χ0n) is 10.5. The number of aliphatic hydroxyl groups is 1. The number of hydrogen-bond donors (Lipinski definition) is 1. The maximum absolute atomic E-state index is 10.7. The lowest BCUT2D eigenvalue weighted by Crippen LogP contribution is -2.36. The molecular formula is C12H17N3O3. The fourth-order valence-corrected chi connectivity index (χ4v) is 2.50. The lowest BCUT2D eigenvalue weighted by molar-refractivity contribution is -0.385. The first-order valence-electron chi connectivity index (χ1n) is 6.03. The zero-order valence-corrected chi connectivity index (χ0v) is 10.5. The minimum Gasteiger partial charge on any atom is -0.394 e. The van der Waals surface area contributed by atoms with Crippen molar-refractivity contribution in [2.24, 2.45) is 5.92 Å². The minimum atomic E-state index is -0.445. The minimum absolute atomic E-state index is 0.00374. The number of hydrogen-bond acceptors (Lipinski definition) is 5. The van der Waals surface area contributed by atoms with Crippen LogP contribution in [0.15, 0.2) is 12.3 Å². The summed E-state index contributed by atoms with van der Waals surface area (Å²) in [6.07, 6.45) is 2.28. The van der Waals surface area contributed by atoms with E-state index in [0.29, 0.717) is 5.92 Å². The summed E-state index contributed by atoms with van der Waals surface area (Å²) < 4.78 is 0. The fourth-order valence-electron chi connectivity index (χ4n) is 2.50. The molecule has 1 aromatic heterocycles. The van der Waals surface area contributed by atoms with E-state index in [1.54, 1.807) is 0 Å². The van der Waals surface area contributed by atoms with Gasteiger partial charge in [-0.3, -0.25) is 10.1 Å². The molecule has 0 amide bonds. The van der Waals surface area contributed by atoms with Crippen LogP contribution in [0.3, 0.4) is 0 Å². The third-order valence-electron chi connectivity index (χ3n) is 3.59. The highest BCUT2D eigenvalue weighted by Gasteiger charge is 2.32. The molecular weight excluding hydrogens is 234 g/mol. The van der Waals surface area contributed by atoms with Gasteiger partial charge in [0, 0.05) is 12.6 Å². The molecule has 98 valence electrons. The molecule has 1 fully saturated rings. The van der Waals surface area contributed by atoms with Gasteiger partial charge < -0.3 is 10.0 Å². The van der Waals surface area contributed by atoms with Gasteiger partial charge in [0.1, 0.15) is 12.0 Å². The molecule has 1 aromatic rings. The fraction of sp³-hybridized carbons (Fsp3) is 0.583. The Kier molecular flexibility index (Phi) is 3.47. The predicted octanol–water partition coefficient (Wildman–Crippen LogP) is 1.51. The molecule has 0 aromatic carbocycles. The first kappa shape index (κ1) is 12.8. The summed E-state index contributed by atoms with van der Waals surface area (Å²) in [5, 5.41) is 20.1. The van der Waals surface area contributed by atoms with Crippen molar-refractivity contribution in [1.29, 1.82) is 0 Å². The second kappa shape index (κ2) is 4.89. The largest absolute Gasteiger partial charge is 0.394 e. The van der Waals surface area contributed by atoms with E-state index in [1.165, 1.54) is 12.3 Å². The van der Waals surface area contributed by atoms with Crippen molar-refractivity contribution in [2.75, 3.05) is 18.1 Å². The molecule has 2 heterocycles. The highest BCUT2D eigenvalue weighted by molar-refractivity contribution is 5.52. The summed E-state index contributed by atoms with van der Waals surface area (Å²) in [5.41, 5.74) is 0.779. The molecule has 1 saturated heterocycles. The van der Waals surface area contributed by atoms with E-state index in [2.05, 4.69) is 11.9 Å². The van der Waals surface area contributed by atoms with Gasteiger partial charge in [-0.15, -0.1) is 0 Å². The summed E-state index contributed by atoms with van der Waals surface area (Å²) in [6.45, 7) is 4.83. The van der Waals surface area contributed by atoms with E-state index in [0.717, 1.165) is 24.3 Å². The standard InChI is InChI=1S/C12H17N3O3/c1-8-3-4-14(11(8)7-16)12-9(2)5-10(6-13-12)15(17)18/h5-6,8,11,16H,3-4,7H2,1-2H3. The zero-order chi connectivity index (χ0) is 13.3. The number of rotatable bonds is 3. The van der Waals surface area contributed by atoms with Gasteiger partial charge in [-0.2, -0.15) is 0 Å². The molecule has 18 heavy (non-hydrogen) atoms. The van der Waals surface area contributed by atoms with Gasteiger partial charge >= 0.3 is 0 Å². The normalized spacial score (nSPS) is 23.4. The van der Waals surface area contributed by atoms with E-state index in [9.17, 15) is 15.2 Å². The van der Waals surface area contributed by atoms with E-state index in [-0.39, 0.29) is 18.3 Å². The molecule has 6 heteroatoms. The molecule has 2 rings (SSSR count). The Morgan fingerprint density at radius 2 is 2.39 bits per heavy atom. The van der Waals surface area contributed by atoms with Crippen molar-refractivity contribution in [3.05, 3.63) is 27.9 Å². The van der Waals surface area contributed by atoms with Crippen molar-refractivity contribution in [1.82, 2.24) is 4.98 Å². The van der Waals surface area contributed by atoms with Crippen LogP contribution in [0.1, 0.15) is 18.9 Å². The first-order valence-corrected chi connectivity index (χ1v) is 6.03. The number of aryl methyl sites for hydroxylation is 1. The van der Waals surface area contributed by atoms with Gasteiger partial charge in [0.2, 0.25) is 0 Å². The Labute approximate surface area is 105 Å². The van der Waals surface area contributed by atoms with Gasteiger partial charge in [0.25, 0.3) is 5.69 Å². The van der Waals surface area contributed by atoms with Gasteiger partial charge in [-0.25, -0.2) is 4.98 Å². The van der Waals surface area contributed by atoms with Crippen molar-refractivity contribution < 1.29 is 10.0 Å². The van der Waals surface area contributed by atoms with Crippen LogP contribution in [0, 0.1) is 23.0 Å². The molecule has 2 atom stereocenters. The van der Waals surface area contributed by atoms with Crippen molar-refractivity contribution in [2.45, 2.75) is 26.3 Å². The SMILES string of the molecule is Cc1cc([N+](=O)[O-])cnc1N1CCC(C)C1CO. The molecule has 0 bridgehead atoms. The van der Waals surface area contributed by atoms with E-state index >= 15 is 0 Å². The highest BCUT2D eigenvalue weighted by atomic mass is 16.6. The van der Waals surface area contributed by atoms with Crippen LogP contribution < -0.4 is 4.90 Å². The summed E-state index contributed by atoms with van der Waals surface area (Å²) in [6, 6.07) is 1.58. The molecule has 0 saturated carbocycles. The smallest absolute Gasteiger partial charge is 0.287 e. The van der Waals surface area contributed by atoms with E-state index in [1.807, 2.05) is 11.8 Å². The van der Waals surface area contributed by atoms with Crippen LogP contribution in [-0.4, -0.2) is 34.2 Å². The Morgan fingerprint density at radius 3 is 2.94 bits per heavy atom. The molecule has 1 aliphatic heterocycles. The summed E-state index contributed by atoms with van der Waals surface area (Å²) in [7, 11) is 0. The third-order valence-corrected chi connectivity index (χ3v) is 3.59. The van der Waals surface area contributed by atoms with Gasteiger partial charge in [-0.1, -0.05) is 6.92 Å². The van der Waals surface area contributed by atoms with Gasteiger partial charge in [0.05, 0.1) is 17.6 Å². The molecule has 0 radical (unpaired) electrons. The monoisotopic (exact) mass is 251 g/mol. The Hall–Kier alpha value is -1.69. The van der Waals surface area contributed by atoms with Crippen LogP contribution in [0.25, 0.3) is 0 Å². The van der Waals surface area contributed by atoms with Crippen LogP contribution in [0.4, 0.5) is 11.5 Å². The average molecular weight is 251 g/mol. The Bertz CT molecular complexity index is 464. The maximum atomic E-state index is 10.7. The average Bonchev–Trinajstić information content (AvgIpc) is 2.70.